The summed E-state index contributed by atoms with van der Waals surface area (Å²) in [5, 5.41) is 3.49. The zero-order chi connectivity index (χ0) is 29.0. The Bertz CT molecular complexity index is 2510. The van der Waals surface area contributed by atoms with Crippen LogP contribution in [0.25, 0.3) is 83.1 Å². The van der Waals surface area contributed by atoms with Crippen molar-refractivity contribution in [2.45, 2.75) is 0 Å². The van der Waals surface area contributed by atoms with Crippen molar-refractivity contribution in [2.24, 2.45) is 0 Å². The molecule has 0 saturated heterocycles. The van der Waals surface area contributed by atoms with Gasteiger partial charge in [-0.1, -0.05) is 91.0 Å². The van der Waals surface area contributed by atoms with Gasteiger partial charge in [-0.15, -0.1) is 0 Å². The van der Waals surface area contributed by atoms with Crippen LogP contribution in [0.5, 0.6) is 0 Å². The van der Waals surface area contributed by atoms with Crippen LogP contribution >= 0.6 is 0 Å². The molecule has 6 aromatic carbocycles. The van der Waals surface area contributed by atoms with E-state index in [-0.39, 0.29) is 0 Å². The predicted molar refractivity (Wildman–Crippen MR) is 180 cm³/mol. The quantitative estimate of drug-likeness (QED) is 0.214. The summed E-state index contributed by atoms with van der Waals surface area (Å²) >= 11 is 0. The maximum Gasteiger partial charge on any atom is 0.180 e. The number of furan rings is 1. The average molecular weight is 564 g/mol. The lowest BCUT2D eigenvalue weighted by molar-refractivity contribution is 0.667. The second-order valence-corrected chi connectivity index (χ2v) is 11.1. The van der Waals surface area contributed by atoms with Crippen LogP contribution in [-0.2, 0) is 0 Å². The summed E-state index contributed by atoms with van der Waals surface area (Å²) in [6, 6.07) is 51.3. The molecule has 0 saturated carbocycles. The molecule has 0 atom stereocenters. The van der Waals surface area contributed by atoms with Gasteiger partial charge in [-0.2, -0.15) is 0 Å². The highest BCUT2D eigenvalue weighted by molar-refractivity contribution is 6.10. The number of hydrogen-bond donors (Lipinski definition) is 0. The first-order chi connectivity index (χ1) is 21.8. The molecule has 0 N–H and O–H groups in total. The molecule has 206 valence electrons. The van der Waals surface area contributed by atoms with Crippen molar-refractivity contribution in [3.8, 4) is 39.2 Å². The minimum atomic E-state index is 0.711. The zero-order valence-electron chi connectivity index (χ0n) is 23.7. The van der Waals surface area contributed by atoms with Crippen molar-refractivity contribution in [1.82, 2.24) is 14.5 Å². The molecule has 0 bridgehead atoms. The van der Waals surface area contributed by atoms with Crippen molar-refractivity contribution < 1.29 is 4.42 Å². The second kappa shape index (κ2) is 9.79. The first-order valence-electron chi connectivity index (χ1n) is 14.7. The Kier molecular flexibility index (Phi) is 5.47. The smallest absolute Gasteiger partial charge is 0.180 e. The molecular formula is C40H25N3O. The van der Waals surface area contributed by atoms with Crippen LogP contribution in [0, 0.1) is 0 Å². The highest BCUT2D eigenvalue weighted by Gasteiger charge is 2.16. The zero-order valence-corrected chi connectivity index (χ0v) is 23.7. The van der Waals surface area contributed by atoms with Gasteiger partial charge in [0.15, 0.2) is 5.58 Å². The van der Waals surface area contributed by atoms with Gasteiger partial charge in [0.2, 0.25) is 0 Å². The third kappa shape index (κ3) is 3.85. The third-order valence-electron chi connectivity index (χ3n) is 8.51. The van der Waals surface area contributed by atoms with Crippen LogP contribution in [0.15, 0.2) is 156 Å². The van der Waals surface area contributed by atoms with Gasteiger partial charge >= 0.3 is 0 Å². The second-order valence-electron chi connectivity index (χ2n) is 11.1. The van der Waals surface area contributed by atoms with Crippen molar-refractivity contribution in [3.05, 3.63) is 152 Å². The molecule has 0 fully saturated rings. The first-order valence-corrected chi connectivity index (χ1v) is 14.7. The maximum atomic E-state index is 6.23. The third-order valence-corrected chi connectivity index (χ3v) is 8.51. The van der Waals surface area contributed by atoms with Gasteiger partial charge in [0.1, 0.15) is 23.1 Å². The van der Waals surface area contributed by atoms with Crippen LogP contribution in [0.2, 0.25) is 0 Å². The van der Waals surface area contributed by atoms with Crippen LogP contribution in [-0.4, -0.2) is 14.5 Å². The number of para-hydroxylation sites is 3. The molecule has 4 heteroatoms. The van der Waals surface area contributed by atoms with E-state index >= 15 is 0 Å². The molecule has 0 radical (unpaired) electrons. The van der Waals surface area contributed by atoms with Gasteiger partial charge in [-0.3, -0.25) is 0 Å². The summed E-state index contributed by atoms with van der Waals surface area (Å²) < 4.78 is 8.58. The van der Waals surface area contributed by atoms with Gasteiger partial charge in [0.25, 0.3) is 0 Å². The Labute approximate surface area is 253 Å². The number of nitrogens with zero attached hydrogens (tertiary/aromatic N) is 3. The minimum absolute atomic E-state index is 0.711. The van der Waals surface area contributed by atoms with Crippen LogP contribution in [0.1, 0.15) is 0 Å². The number of fused-ring (bicyclic) bond motifs is 6. The molecule has 44 heavy (non-hydrogen) atoms. The summed E-state index contributed by atoms with van der Waals surface area (Å²) in [6.45, 7) is 0. The lowest BCUT2D eigenvalue weighted by Gasteiger charge is -2.10. The first kappa shape index (κ1) is 24.6. The number of rotatable bonds is 4. The van der Waals surface area contributed by atoms with E-state index in [2.05, 4.69) is 136 Å². The molecule has 0 spiro atoms. The molecule has 4 nitrogen and oxygen atoms in total. The van der Waals surface area contributed by atoms with Gasteiger partial charge in [0, 0.05) is 27.4 Å². The predicted octanol–water partition coefficient (Wildman–Crippen LogP) is 10.5. The summed E-state index contributed by atoms with van der Waals surface area (Å²) in [5.41, 5.74) is 12.4. The highest BCUT2D eigenvalue weighted by Crippen LogP contribution is 2.37. The molecule has 0 aliphatic heterocycles. The summed E-state index contributed by atoms with van der Waals surface area (Å²) in [5.74, 6) is 0. The van der Waals surface area contributed by atoms with E-state index in [1.165, 1.54) is 32.9 Å². The van der Waals surface area contributed by atoms with Crippen LogP contribution < -0.4 is 0 Å². The van der Waals surface area contributed by atoms with E-state index in [0.717, 1.165) is 44.6 Å². The average Bonchev–Trinajstić information content (AvgIpc) is 3.64. The van der Waals surface area contributed by atoms with Crippen LogP contribution in [0.4, 0.5) is 0 Å². The van der Waals surface area contributed by atoms with E-state index in [9.17, 15) is 0 Å². The largest absolute Gasteiger partial charge is 0.452 e. The summed E-state index contributed by atoms with van der Waals surface area (Å²) in [6.07, 6.45) is 1.62. The van der Waals surface area contributed by atoms with E-state index in [4.69, 9.17) is 4.42 Å². The molecule has 3 heterocycles. The van der Waals surface area contributed by atoms with Crippen molar-refractivity contribution >= 4 is 43.9 Å². The fraction of sp³-hybridized carbons (Fsp3) is 0. The van der Waals surface area contributed by atoms with E-state index < -0.39 is 0 Å². The maximum absolute atomic E-state index is 6.23. The molecule has 0 aliphatic carbocycles. The monoisotopic (exact) mass is 563 g/mol. The summed E-state index contributed by atoms with van der Waals surface area (Å²) in [7, 11) is 0. The van der Waals surface area contributed by atoms with Gasteiger partial charge in [-0.25, -0.2) is 9.97 Å². The number of hydrogen-bond acceptors (Lipinski definition) is 3. The molecular weight excluding hydrogens is 538 g/mol. The Morgan fingerprint density at radius 3 is 1.91 bits per heavy atom. The molecule has 3 aromatic heterocycles. The molecule has 0 unspecified atom stereocenters. The lowest BCUT2D eigenvalue weighted by atomic mass is 9.96. The van der Waals surface area contributed by atoms with Crippen molar-refractivity contribution in [2.75, 3.05) is 0 Å². The normalized spacial score (nSPS) is 11.6. The van der Waals surface area contributed by atoms with Gasteiger partial charge in [0.05, 0.1) is 11.0 Å². The molecule has 0 amide bonds. The van der Waals surface area contributed by atoms with Crippen LogP contribution in [0.3, 0.4) is 0 Å². The van der Waals surface area contributed by atoms with E-state index in [1.807, 2.05) is 24.3 Å². The number of benzene rings is 6. The Balaban J connectivity index is 1.14. The standard InChI is InChI=1S/C40H25N3O/c1-2-14-31(15-3-1)43-35-18-6-4-16-32(35)34-24-29(20-21-36(34)43)27-11-8-10-26(22-27)28-12-9-13-30(23-28)38-40-39(42-25-41-38)33-17-5-7-19-37(33)44-40/h1-25H. The Morgan fingerprint density at radius 2 is 1.09 bits per heavy atom. The molecule has 9 rings (SSSR count). The fourth-order valence-corrected chi connectivity index (χ4v) is 6.46. The summed E-state index contributed by atoms with van der Waals surface area (Å²) in [4.78, 5) is 9.18. The minimum Gasteiger partial charge on any atom is -0.452 e. The highest BCUT2D eigenvalue weighted by atomic mass is 16.3. The molecule has 9 aromatic rings. The van der Waals surface area contributed by atoms with Crippen molar-refractivity contribution in [1.29, 1.82) is 0 Å². The lowest BCUT2D eigenvalue weighted by Crippen LogP contribution is -1.92. The topological polar surface area (TPSA) is 43.9 Å². The Hall–Kier alpha value is -6.00. The fourth-order valence-electron chi connectivity index (χ4n) is 6.46. The van der Waals surface area contributed by atoms with Crippen molar-refractivity contribution in [3.63, 3.8) is 0 Å². The van der Waals surface area contributed by atoms with Gasteiger partial charge < -0.3 is 8.98 Å². The van der Waals surface area contributed by atoms with E-state index in [0.29, 0.717) is 5.58 Å². The SMILES string of the molecule is c1ccc(-n2c3ccccc3c3cc(-c4cccc(-c5cccc(-c6ncnc7c6oc6ccccc67)c5)c4)ccc32)cc1. The molecule has 0 aliphatic rings. The van der Waals surface area contributed by atoms with Gasteiger partial charge in [-0.05, 0) is 76.9 Å². The number of aromatic nitrogens is 3. The Morgan fingerprint density at radius 1 is 0.455 bits per heavy atom. The van der Waals surface area contributed by atoms with E-state index in [1.54, 1.807) is 6.33 Å².